The van der Waals surface area contributed by atoms with Crippen LogP contribution in [0, 0.1) is 0 Å². The van der Waals surface area contributed by atoms with E-state index < -0.39 is 0 Å². The van der Waals surface area contributed by atoms with Crippen LogP contribution < -0.4 is 4.74 Å². The van der Waals surface area contributed by atoms with E-state index in [9.17, 15) is 0 Å². The molecule has 0 radical (unpaired) electrons. The van der Waals surface area contributed by atoms with Crippen molar-refractivity contribution in [3.8, 4) is 11.5 Å². The zero-order valence-electron chi connectivity index (χ0n) is 8.79. The summed E-state index contributed by atoms with van der Waals surface area (Å²) in [5.74, 6) is 1.77. The van der Waals surface area contributed by atoms with Crippen LogP contribution >= 0.6 is 39.1 Å². The van der Waals surface area contributed by atoms with Gasteiger partial charge in [0.15, 0.2) is 0 Å². The highest BCUT2D eigenvalue weighted by molar-refractivity contribution is 9.10. The van der Waals surface area contributed by atoms with Crippen molar-refractivity contribution in [2.24, 2.45) is 0 Å². The fourth-order valence-electron chi connectivity index (χ4n) is 1.39. The van der Waals surface area contributed by atoms with Gasteiger partial charge >= 0.3 is 0 Å². The molecule has 0 saturated carbocycles. The number of rotatable bonds is 3. The lowest BCUT2D eigenvalue weighted by Gasteiger charge is -2.10. The second-order valence-corrected chi connectivity index (χ2v) is 5.00. The van der Waals surface area contributed by atoms with Gasteiger partial charge < -0.3 is 4.74 Å². The molecule has 0 spiro atoms. The Morgan fingerprint density at radius 2 is 1.76 bits per heavy atom. The molecule has 0 aliphatic heterocycles. The molecular formula is C13H9BrCl2O. The Bertz CT molecular complexity index is 511. The summed E-state index contributed by atoms with van der Waals surface area (Å²) >= 11 is 15.3. The van der Waals surface area contributed by atoms with Gasteiger partial charge in [0.25, 0.3) is 0 Å². The largest absolute Gasteiger partial charge is 0.457 e. The number of hydrogen-bond acceptors (Lipinski definition) is 1. The topological polar surface area (TPSA) is 9.23 Å². The molecule has 17 heavy (non-hydrogen) atoms. The molecule has 2 aromatic rings. The van der Waals surface area contributed by atoms with Gasteiger partial charge in [-0.05, 0) is 36.4 Å². The van der Waals surface area contributed by atoms with E-state index >= 15 is 0 Å². The zero-order chi connectivity index (χ0) is 12.3. The standard InChI is InChI=1S/C13H9BrCl2O/c14-9-4-6-10(7-5-9)17-13-3-1-2-12(16)11(13)8-15/h1-7H,8H2. The van der Waals surface area contributed by atoms with Gasteiger partial charge in [0.1, 0.15) is 11.5 Å². The lowest BCUT2D eigenvalue weighted by molar-refractivity contribution is 0.478. The highest BCUT2D eigenvalue weighted by Gasteiger charge is 2.07. The summed E-state index contributed by atoms with van der Waals surface area (Å²) in [6.45, 7) is 0. The second kappa shape index (κ2) is 5.76. The van der Waals surface area contributed by atoms with E-state index in [2.05, 4.69) is 15.9 Å². The van der Waals surface area contributed by atoms with Crippen molar-refractivity contribution in [1.82, 2.24) is 0 Å². The van der Waals surface area contributed by atoms with E-state index in [1.165, 1.54) is 0 Å². The van der Waals surface area contributed by atoms with Crippen molar-refractivity contribution in [2.45, 2.75) is 5.88 Å². The second-order valence-electron chi connectivity index (χ2n) is 3.41. The third-order valence-electron chi connectivity index (χ3n) is 2.25. The first kappa shape index (κ1) is 12.7. The average molecular weight is 332 g/mol. The van der Waals surface area contributed by atoms with Crippen LogP contribution in [-0.2, 0) is 5.88 Å². The van der Waals surface area contributed by atoms with Crippen molar-refractivity contribution in [3.05, 3.63) is 57.5 Å². The van der Waals surface area contributed by atoms with Crippen molar-refractivity contribution < 1.29 is 4.74 Å². The molecule has 0 atom stereocenters. The maximum atomic E-state index is 6.05. The van der Waals surface area contributed by atoms with Gasteiger partial charge in [-0.15, -0.1) is 11.6 Å². The van der Waals surface area contributed by atoms with Crippen molar-refractivity contribution in [2.75, 3.05) is 0 Å². The maximum absolute atomic E-state index is 6.05. The summed E-state index contributed by atoms with van der Waals surface area (Å²) in [6.07, 6.45) is 0. The third kappa shape index (κ3) is 3.15. The molecule has 2 aromatic carbocycles. The third-order valence-corrected chi connectivity index (χ3v) is 3.40. The quantitative estimate of drug-likeness (QED) is 0.662. The van der Waals surface area contributed by atoms with E-state index in [4.69, 9.17) is 27.9 Å². The van der Waals surface area contributed by atoms with E-state index in [0.717, 1.165) is 15.8 Å². The molecule has 0 aliphatic rings. The fraction of sp³-hybridized carbons (Fsp3) is 0.0769. The van der Waals surface area contributed by atoms with Crippen LogP contribution in [0.25, 0.3) is 0 Å². The van der Waals surface area contributed by atoms with Crippen LogP contribution in [0.3, 0.4) is 0 Å². The molecule has 2 rings (SSSR count). The Morgan fingerprint density at radius 1 is 1.06 bits per heavy atom. The Morgan fingerprint density at radius 3 is 2.41 bits per heavy atom. The average Bonchev–Trinajstić information content (AvgIpc) is 2.32. The summed E-state index contributed by atoms with van der Waals surface area (Å²) in [5.41, 5.74) is 0.804. The van der Waals surface area contributed by atoms with Crippen molar-refractivity contribution >= 4 is 39.1 Å². The summed E-state index contributed by atoms with van der Waals surface area (Å²) in [5, 5.41) is 0.620. The van der Waals surface area contributed by atoms with E-state index in [1.807, 2.05) is 36.4 Å². The van der Waals surface area contributed by atoms with Gasteiger partial charge in [0, 0.05) is 15.1 Å². The molecular weight excluding hydrogens is 323 g/mol. The zero-order valence-corrected chi connectivity index (χ0v) is 11.9. The molecule has 0 amide bonds. The first-order chi connectivity index (χ1) is 8.20. The molecule has 0 aliphatic carbocycles. The Hall–Kier alpha value is -0.700. The predicted octanol–water partition coefficient (Wildman–Crippen LogP) is 5.63. The van der Waals surface area contributed by atoms with Gasteiger partial charge in [0.05, 0.1) is 5.88 Å². The van der Waals surface area contributed by atoms with Crippen LogP contribution in [0.5, 0.6) is 11.5 Å². The molecule has 0 fully saturated rings. The molecule has 0 unspecified atom stereocenters. The van der Waals surface area contributed by atoms with Crippen LogP contribution in [-0.4, -0.2) is 0 Å². The summed E-state index contributed by atoms with van der Waals surface area (Å²) in [6, 6.07) is 13.1. The SMILES string of the molecule is ClCc1c(Cl)cccc1Oc1ccc(Br)cc1. The van der Waals surface area contributed by atoms with Crippen molar-refractivity contribution in [3.63, 3.8) is 0 Å². The molecule has 1 nitrogen and oxygen atoms in total. The predicted molar refractivity (Wildman–Crippen MR) is 75.2 cm³/mol. The molecule has 0 N–H and O–H groups in total. The minimum atomic E-state index is 0.325. The lowest BCUT2D eigenvalue weighted by Crippen LogP contribution is -1.90. The van der Waals surface area contributed by atoms with Crippen LogP contribution in [0.1, 0.15) is 5.56 Å². The lowest BCUT2D eigenvalue weighted by atomic mass is 10.2. The smallest absolute Gasteiger partial charge is 0.133 e. The van der Waals surface area contributed by atoms with Gasteiger partial charge in [-0.1, -0.05) is 33.6 Å². The van der Waals surface area contributed by atoms with E-state index in [0.29, 0.717) is 16.7 Å². The summed E-state index contributed by atoms with van der Waals surface area (Å²) in [4.78, 5) is 0. The van der Waals surface area contributed by atoms with Gasteiger partial charge in [-0.3, -0.25) is 0 Å². The fourth-order valence-corrected chi connectivity index (χ4v) is 2.23. The Balaban J connectivity index is 2.29. The van der Waals surface area contributed by atoms with Gasteiger partial charge in [0.2, 0.25) is 0 Å². The van der Waals surface area contributed by atoms with Crippen LogP contribution in [0.2, 0.25) is 5.02 Å². The minimum Gasteiger partial charge on any atom is -0.457 e. The Labute approximate surface area is 118 Å². The molecule has 0 saturated heterocycles. The van der Waals surface area contributed by atoms with E-state index in [-0.39, 0.29) is 0 Å². The summed E-state index contributed by atoms with van der Waals surface area (Å²) in [7, 11) is 0. The monoisotopic (exact) mass is 330 g/mol. The number of ether oxygens (including phenoxy) is 1. The summed E-state index contributed by atoms with van der Waals surface area (Å²) < 4.78 is 6.75. The molecule has 0 heterocycles. The minimum absolute atomic E-state index is 0.325. The van der Waals surface area contributed by atoms with Crippen LogP contribution in [0.15, 0.2) is 46.9 Å². The van der Waals surface area contributed by atoms with Crippen LogP contribution in [0.4, 0.5) is 0 Å². The van der Waals surface area contributed by atoms with E-state index in [1.54, 1.807) is 6.07 Å². The maximum Gasteiger partial charge on any atom is 0.133 e. The number of halogens is 3. The van der Waals surface area contributed by atoms with Gasteiger partial charge in [-0.2, -0.15) is 0 Å². The number of benzene rings is 2. The number of alkyl halides is 1. The molecule has 0 aromatic heterocycles. The Kier molecular flexibility index (Phi) is 4.32. The first-order valence-corrected chi connectivity index (χ1v) is 6.68. The number of hydrogen-bond donors (Lipinski definition) is 0. The highest BCUT2D eigenvalue weighted by atomic mass is 79.9. The normalized spacial score (nSPS) is 10.3. The molecule has 4 heteroatoms. The first-order valence-electron chi connectivity index (χ1n) is 4.97. The van der Waals surface area contributed by atoms with Crippen molar-refractivity contribution in [1.29, 1.82) is 0 Å². The molecule has 0 bridgehead atoms. The molecule has 88 valence electrons. The highest BCUT2D eigenvalue weighted by Crippen LogP contribution is 2.31. The van der Waals surface area contributed by atoms with Gasteiger partial charge in [-0.25, -0.2) is 0 Å².